The minimum Gasteiger partial charge on any atom is -0.332 e. The number of nitrogens with one attached hydrogen (secondary N) is 1. The number of benzene rings is 1. The lowest BCUT2D eigenvalue weighted by Gasteiger charge is -2.20. The van der Waals surface area contributed by atoms with E-state index in [1.54, 1.807) is 49.6 Å². The number of pyridine rings is 2. The lowest BCUT2D eigenvalue weighted by Crippen LogP contribution is -2.31. The van der Waals surface area contributed by atoms with Gasteiger partial charge in [-0.3, -0.25) is 9.59 Å². The van der Waals surface area contributed by atoms with Crippen LogP contribution in [0.3, 0.4) is 0 Å². The van der Waals surface area contributed by atoms with Gasteiger partial charge in [-0.15, -0.1) is 0 Å². The number of anilines is 1. The first-order valence-corrected chi connectivity index (χ1v) is 12.0. The number of amides is 1. The van der Waals surface area contributed by atoms with Crippen LogP contribution in [0.25, 0.3) is 11.0 Å². The van der Waals surface area contributed by atoms with E-state index in [2.05, 4.69) is 10.3 Å². The Balaban J connectivity index is 2.03. The smallest absolute Gasteiger partial charge is 0.261 e. The molecule has 0 aliphatic carbocycles. The van der Waals surface area contributed by atoms with Gasteiger partial charge in [0.15, 0.2) is 0 Å². The summed E-state index contributed by atoms with van der Waals surface area (Å²) in [6, 6.07) is 8.10. The standard InChI is InChI=1S/C23H28N4O4S/c1-6-26-14-19(21(28)18-12-10-16(5)24-22(18)26)23(29)25-17-11-9-15(4)20(13-17)32(30,31)27(7-2)8-3/h9-14H,6-8H2,1-5H3,(H,25,29). The van der Waals surface area contributed by atoms with Crippen LogP contribution in [0.4, 0.5) is 5.69 Å². The Labute approximate surface area is 187 Å². The predicted octanol–water partition coefficient (Wildman–Crippen LogP) is 3.32. The molecule has 0 unspecified atom stereocenters. The van der Waals surface area contributed by atoms with Crippen LogP contribution in [0.15, 0.2) is 46.2 Å². The van der Waals surface area contributed by atoms with Gasteiger partial charge in [0.25, 0.3) is 5.91 Å². The summed E-state index contributed by atoms with van der Waals surface area (Å²) in [4.78, 5) is 30.5. The van der Waals surface area contributed by atoms with Crippen LogP contribution >= 0.6 is 0 Å². The van der Waals surface area contributed by atoms with E-state index in [1.165, 1.54) is 16.6 Å². The summed E-state index contributed by atoms with van der Waals surface area (Å²) in [5, 5.41) is 3.05. The molecule has 1 N–H and O–H groups in total. The van der Waals surface area contributed by atoms with Crippen molar-refractivity contribution in [3.8, 4) is 0 Å². The zero-order valence-corrected chi connectivity index (χ0v) is 19.8. The predicted molar refractivity (Wildman–Crippen MR) is 126 cm³/mol. The highest BCUT2D eigenvalue weighted by molar-refractivity contribution is 7.89. The van der Waals surface area contributed by atoms with Gasteiger partial charge in [-0.2, -0.15) is 4.31 Å². The number of sulfonamides is 1. The zero-order chi connectivity index (χ0) is 23.6. The summed E-state index contributed by atoms with van der Waals surface area (Å²) in [5.74, 6) is -0.602. The van der Waals surface area contributed by atoms with Crippen LogP contribution in [0, 0.1) is 13.8 Å². The van der Waals surface area contributed by atoms with E-state index in [0.717, 1.165) is 5.69 Å². The van der Waals surface area contributed by atoms with E-state index in [9.17, 15) is 18.0 Å². The van der Waals surface area contributed by atoms with E-state index in [0.29, 0.717) is 41.9 Å². The molecular formula is C23H28N4O4S. The molecule has 1 amide bonds. The summed E-state index contributed by atoms with van der Waals surface area (Å²) in [6.07, 6.45) is 1.49. The average Bonchev–Trinajstić information content (AvgIpc) is 2.75. The minimum absolute atomic E-state index is 0.0290. The molecule has 0 fully saturated rings. The third-order valence-electron chi connectivity index (χ3n) is 5.42. The van der Waals surface area contributed by atoms with Crippen LogP contribution in [-0.2, 0) is 16.6 Å². The van der Waals surface area contributed by atoms with Gasteiger partial charge in [0.1, 0.15) is 11.2 Å². The number of fused-ring (bicyclic) bond motifs is 1. The van der Waals surface area contributed by atoms with Crippen molar-refractivity contribution in [2.24, 2.45) is 0 Å². The van der Waals surface area contributed by atoms with Crippen LogP contribution in [-0.4, -0.2) is 41.3 Å². The highest BCUT2D eigenvalue weighted by Gasteiger charge is 2.24. The van der Waals surface area contributed by atoms with Crippen molar-refractivity contribution < 1.29 is 13.2 Å². The lowest BCUT2D eigenvalue weighted by molar-refractivity contribution is 0.102. The number of nitrogens with zero attached hydrogens (tertiary/aromatic N) is 3. The molecule has 0 bridgehead atoms. The average molecular weight is 457 g/mol. The fourth-order valence-electron chi connectivity index (χ4n) is 3.62. The monoisotopic (exact) mass is 456 g/mol. The van der Waals surface area contributed by atoms with Crippen molar-refractivity contribution in [2.75, 3.05) is 18.4 Å². The number of carbonyl (C=O) groups excluding carboxylic acids is 1. The van der Waals surface area contributed by atoms with E-state index in [-0.39, 0.29) is 10.5 Å². The van der Waals surface area contributed by atoms with Gasteiger partial charge < -0.3 is 9.88 Å². The Morgan fingerprint density at radius 1 is 1.09 bits per heavy atom. The Bertz CT molecular complexity index is 1340. The van der Waals surface area contributed by atoms with Crippen LogP contribution in [0.1, 0.15) is 42.4 Å². The Morgan fingerprint density at radius 3 is 2.41 bits per heavy atom. The van der Waals surface area contributed by atoms with Crippen LogP contribution < -0.4 is 10.7 Å². The molecule has 0 saturated carbocycles. The molecule has 0 saturated heterocycles. The summed E-state index contributed by atoms with van der Waals surface area (Å²) in [7, 11) is -3.70. The molecule has 32 heavy (non-hydrogen) atoms. The summed E-state index contributed by atoms with van der Waals surface area (Å²) in [5.41, 5.74) is 1.73. The first kappa shape index (κ1) is 23.6. The number of aromatic nitrogens is 2. The summed E-state index contributed by atoms with van der Waals surface area (Å²) < 4.78 is 29.1. The van der Waals surface area contributed by atoms with Crippen LogP contribution in [0.2, 0.25) is 0 Å². The quantitative estimate of drug-likeness (QED) is 0.588. The molecule has 2 aromatic heterocycles. The molecule has 8 nitrogen and oxygen atoms in total. The number of hydrogen-bond acceptors (Lipinski definition) is 5. The van der Waals surface area contributed by atoms with Crippen molar-refractivity contribution in [1.82, 2.24) is 13.9 Å². The third-order valence-corrected chi connectivity index (χ3v) is 7.61. The molecule has 0 atom stereocenters. The maximum absolute atomic E-state index is 13.0. The first-order chi connectivity index (χ1) is 15.1. The van der Waals surface area contributed by atoms with Gasteiger partial charge in [-0.05, 0) is 50.6 Å². The molecule has 0 aliphatic heterocycles. The van der Waals surface area contributed by atoms with Gasteiger partial charge in [0.05, 0.1) is 10.3 Å². The van der Waals surface area contributed by atoms with E-state index < -0.39 is 21.4 Å². The van der Waals surface area contributed by atoms with E-state index in [4.69, 9.17) is 0 Å². The van der Waals surface area contributed by atoms with Crippen LogP contribution in [0.5, 0.6) is 0 Å². The van der Waals surface area contributed by atoms with Crippen molar-refractivity contribution in [3.05, 3.63) is 63.6 Å². The van der Waals surface area contributed by atoms with Crippen molar-refractivity contribution in [1.29, 1.82) is 0 Å². The zero-order valence-electron chi connectivity index (χ0n) is 19.0. The van der Waals surface area contributed by atoms with Gasteiger partial charge >= 0.3 is 0 Å². The second kappa shape index (κ2) is 9.22. The second-order valence-electron chi connectivity index (χ2n) is 7.51. The first-order valence-electron chi connectivity index (χ1n) is 10.6. The fraction of sp³-hybridized carbons (Fsp3) is 0.348. The molecule has 1 aromatic carbocycles. The maximum atomic E-state index is 13.0. The van der Waals surface area contributed by atoms with E-state index >= 15 is 0 Å². The maximum Gasteiger partial charge on any atom is 0.261 e. The van der Waals surface area contributed by atoms with Gasteiger partial charge in [0.2, 0.25) is 15.5 Å². The normalized spacial score (nSPS) is 11.8. The molecule has 0 spiro atoms. The Hall–Kier alpha value is -3.04. The molecule has 2 heterocycles. The largest absolute Gasteiger partial charge is 0.332 e. The molecular weight excluding hydrogens is 428 g/mol. The topological polar surface area (TPSA) is 101 Å². The van der Waals surface area contributed by atoms with Crippen molar-refractivity contribution in [2.45, 2.75) is 46.1 Å². The number of aryl methyl sites for hydroxylation is 3. The minimum atomic E-state index is -3.70. The number of hydrogen-bond donors (Lipinski definition) is 1. The Morgan fingerprint density at radius 2 is 1.78 bits per heavy atom. The van der Waals surface area contributed by atoms with Crippen molar-refractivity contribution >= 4 is 32.7 Å². The molecule has 0 aliphatic rings. The SMILES string of the molecule is CCN(CC)S(=O)(=O)c1cc(NC(=O)c2cn(CC)c3nc(C)ccc3c2=O)ccc1C. The molecule has 3 rings (SSSR count). The van der Waals surface area contributed by atoms with Crippen molar-refractivity contribution in [3.63, 3.8) is 0 Å². The van der Waals surface area contributed by atoms with E-state index in [1.807, 2.05) is 13.8 Å². The highest BCUT2D eigenvalue weighted by atomic mass is 32.2. The number of carbonyl (C=O) groups is 1. The summed E-state index contributed by atoms with van der Waals surface area (Å²) in [6.45, 7) is 10.2. The molecule has 0 radical (unpaired) electrons. The third kappa shape index (κ3) is 4.31. The molecule has 3 aromatic rings. The summed E-state index contributed by atoms with van der Waals surface area (Å²) >= 11 is 0. The number of rotatable bonds is 7. The fourth-order valence-corrected chi connectivity index (χ4v) is 5.33. The molecule has 9 heteroatoms. The lowest BCUT2D eigenvalue weighted by atomic mass is 10.1. The second-order valence-corrected chi connectivity index (χ2v) is 9.41. The van der Waals surface area contributed by atoms with Gasteiger partial charge in [0, 0.05) is 37.2 Å². The Kier molecular flexibility index (Phi) is 6.80. The van der Waals surface area contributed by atoms with Gasteiger partial charge in [-0.25, -0.2) is 13.4 Å². The van der Waals surface area contributed by atoms with Gasteiger partial charge in [-0.1, -0.05) is 19.9 Å². The highest BCUT2D eigenvalue weighted by Crippen LogP contribution is 2.24. The molecule has 170 valence electrons.